The minimum absolute atomic E-state index is 0.0157. The Bertz CT molecular complexity index is 1010. The highest BCUT2D eigenvalue weighted by atomic mass is 32.2. The molecule has 1 saturated carbocycles. The topological polar surface area (TPSA) is 96.3 Å². The van der Waals surface area contributed by atoms with E-state index < -0.39 is 21.8 Å². The number of nitrogens with zero attached hydrogens (tertiary/aromatic N) is 1. The zero-order chi connectivity index (χ0) is 19.6. The van der Waals surface area contributed by atoms with Crippen molar-refractivity contribution in [3.05, 3.63) is 59.4 Å². The lowest BCUT2D eigenvalue weighted by atomic mass is 9.69. The van der Waals surface area contributed by atoms with Crippen LogP contribution in [0.25, 0.3) is 0 Å². The van der Waals surface area contributed by atoms with Crippen LogP contribution < -0.4 is 9.46 Å². The third-order valence-corrected chi connectivity index (χ3v) is 6.11. The van der Waals surface area contributed by atoms with E-state index in [-0.39, 0.29) is 27.9 Å². The highest BCUT2D eigenvalue weighted by molar-refractivity contribution is 7.90. The minimum atomic E-state index is -4.15. The number of hydrogen-bond acceptors (Lipinski definition) is 5. The second-order valence-corrected chi connectivity index (χ2v) is 7.94. The van der Waals surface area contributed by atoms with Gasteiger partial charge < -0.3 is 4.74 Å². The van der Waals surface area contributed by atoms with E-state index in [1.807, 2.05) is 6.07 Å². The van der Waals surface area contributed by atoms with Gasteiger partial charge >= 0.3 is 0 Å². The molecule has 0 aromatic heterocycles. The van der Waals surface area contributed by atoms with Crippen molar-refractivity contribution in [1.82, 2.24) is 4.72 Å². The number of benzene rings is 2. The molecule has 0 heterocycles. The fourth-order valence-corrected chi connectivity index (χ4v) is 4.33. The molecule has 2 aromatic rings. The third kappa shape index (κ3) is 3.78. The van der Waals surface area contributed by atoms with Gasteiger partial charge in [0.2, 0.25) is 5.91 Å². The molecule has 2 unspecified atom stereocenters. The molecule has 2 aromatic carbocycles. The summed E-state index contributed by atoms with van der Waals surface area (Å²) >= 11 is 0. The van der Waals surface area contributed by atoms with E-state index in [4.69, 9.17) is 10.00 Å². The van der Waals surface area contributed by atoms with Crippen molar-refractivity contribution >= 4 is 15.9 Å². The van der Waals surface area contributed by atoms with Gasteiger partial charge in [-0.2, -0.15) is 5.26 Å². The number of carbonyl (C=O) groups is 1. The number of carbonyl (C=O) groups excluding carboxylic acids is 1. The predicted molar refractivity (Wildman–Crippen MR) is 94.9 cm³/mol. The van der Waals surface area contributed by atoms with Crippen molar-refractivity contribution in [3.8, 4) is 11.8 Å². The first-order valence-corrected chi connectivity index (χ1v) is 9.74. The first kappa shape index (κ1) is 18.9. The summed E-state index contributed by atoms with van der Waals surface area (Å²) in [5, 5.41) is 8.92. The number of halogens is 1. The smallest absolute Gasteiger partial charge is 0.267 e. The maximum Gasteiger partial charge on any atom is 0.267 e. The molecular weight excluding hydrogens is 371 g/mol. The molecule has 1 N–H and O–H groups in total. The van der Waals surface area contributed by atoms with Crippen LogP contribution in [0.2, 0.25) is 0 Å². The summed E-state index contributed by atoms with van der Waals surface area (Å²) in [5.74, 6) is -1.65. The molecule has 3 rings (SSSR count). The first-order valence-electron chi connectivity index (χ1n) is 8.26. The number of nitrogens with one attached hydrogen (secondary N) is 1. The third-order valence-electron chi connectivity index (χ3n) is 4.73. The fourth-order valence-electron chi connectivity index (χ4n) is 3.15. The van der Waals surface area contributed by atoms with Gasteiger partial charge in [-0.15, -0.1) is 0 Å². The van der Waals surface area contributed by atoms with Gasteiger partial charge in [0.25, 0.3) is 10.0 Å². The van der Waals surface area contributed by atoms with E-state index in [1.54, 1.807) is 12.1 Å². The molecule has 0 aliphatic heterocycles. The quantitative estimate of drug-likeness (QED) is 0.850. The molecule has 0 bridgehead atoms. The van der Waals surface area contributed by atoms with Gasteiger partial charge in [-0.3, -0.25) is 4.79 Å². The Morgan fingerprint density at radius 2 is 1.93 bits per heavy atom. The maximum absolute atomic E-state index is 13.1. The van der Waals surface area contributed by atoms with Crippen LogP contribution in [0.5, 0.6) is 5.75 Å². The molecule has 0 spiro atoms. The van der Waals surface area contributed by atoms with Gasteiger partial charge in [0, 0.05) is 5.92 Å². The highest BCUT2D eigenvalue weighted by Gasteiger charge is 2.39. The summed E-state index contributed by atoms with van der Waals surface area (Å²) in [4.78, 5) is 12.3. The molecule has 6 nitrogen and oxygen atoms in total. The Hall–Kier alpha value is -2.92. The molecule has 1 aliphatic carbocycles. The fraction of sp³-hybridized carbons (Fsp3) is 0.263. The average Bonchev–Trinajstić information content (AvgIpc) is 2.61. The van der Waals surface area contributed by atoms with Gasteiger partial charge in [-0.25, -0.2) is 17.5 Å². The molecule has 8 heteroatoms. The Labute approximate surface area is 156 Å². The van der Waals surface area contributed by atoms with Gasteiger partial charge in [-0.1, -0.05) is 12.1 Å². The lowest BCUT2D eigenvalue weighted by Crippen LogP contribution is -2.42. The number of rotatable bonds is 5. The number of nitriles is 1. The minimum Gasteiger partial charge on any atom is -0.495 e. The van der Waals surface area contributed by atoms with Crippen molar-refractivity contribution in [2.75, 3.05) is 7.11 Å². The van der Waals surface area contributed by atoms with Gasteiger partial charge in [0.05, 0.1) is 18.7 Å². The summed E-state index contributed by atoms with van der Waals surface area (Å²) < 4.78 is 45.4. The molecule has 1 fully saturated rings. The summed E-state index contributed by atoms with van der Waals surface area (Å²) in [6, 6.07) is 11.6. The van der Waals surface area contributed by atoms with Crippen molar-refractivity contribution in [1.29, 1.82) is 5.26 Å². The zero-order valence-electron chi connectivity index (χ0n) is 14.5. The first-order chi connectivity index (χ1) is 12.9. The van der Waals surface area contributed by atoms with Gasteiger partial charge in [0.1, 0.15) is 16.5 Å². The largest absolute Gasteiger partial charge is 0.495 e. The van der Waals surface area contributed by atoms with E-state index in [1.165, 1.54) is 37.4 Å². The highest BCUT2D eigenvalue weighted by Crippen LogP contribution is 2.43. The van der Waals surface area contributed by atoms with Gasteiger partial charge in [0.15, 0.2) is 0 Å². The normalized spacial score (nSPS) is 18.9. The van der Waals surface area contributed by atoms with E-state index >= 15 is 0 Å². The zero-order valence-corrected chi connectivity index (χ0v) is 15.3. The molecule has 1 aliphatic rings. The monoisotopic (exact) mass is 388 g/mol. The Morgan fingerprint density at radius 3 is 2.48 bits per heavy atom. The summed E-state index contributed by atoms with van der Waals surface area (Å²) in [5.41, 5.74) is 1.05. The van der Waals surface area contributed by atoms with E-state index in [2.05, 4.69) is 4.72 Å². The van der Waals surface area contributed by atoms with Crippen molar-refractivity contribution in [3.63, 3.8) is 0 Å². The molecule has 0 saturated heterocycles. The van der Waals surface area contributed by atoms with Crippen LogP contribution in [0.3, 0.4) is 0 Å². The number of ether oxygens (including phenoxy) is 1. The van der Waals surface area contributed by atoms with Crippen molar-refractivity contribution in [2.24, 2.45) is 5.92 Å². The lowest BCUT2D eigenvalue weighted by molar-refractivity contribution is -0.126. The average molecular weight is 388 g/mol. The Morgan fingerprint density at radius 1 is 1.22 bits per heavy atom. The van der Waals surface area contributed by atoms with E-state index in [0.29, 0.717) is 6.42 Å². The van der Waals surface area contributed by atoms with Crippen LogP contribution in [-0.2, 0) is 14.8 Å². The van der Waals surface area contributed by atoms with Crippen molar-refractivity contribution in [2.45, 2.75) is 23.7 Å². The van der Waals surface area contributed by atoms with E-state index in [0.717, 1.165) is 12.0 Å². The SMILES string of the molecule is COc1cc(C#N)ccc1S(=O)(=O)NC(=O)C1CCC1c1ccc(F)cc1. The summed E-state index contributed by atoms with van der Waals surface area (Å²) in [6.45, 7) is 0. The summed E-state index contributed by atoms with van der Waals surface area (Å²) in [6.07, 6.45) is 1.28. The van der Waals surface area contributed by atoms with Crippen LogP contribution >= 0.6 is 0 Å². The van der Waals surface area contributed by atoms with Crippen LogP contribution in [0.4, 0.5) is 4.39 Å². The van der Waals surface area contributed by atoms with Crippen molar-refractivity contribution < 1.29 is 22.3 Å². The molecule has 1 amide bonds. The second kappa shape index (κ2) is 7.37. The standard InChI is InChI=1S/C19H17FN2O4S/c1-26-17-10-12(11-21)2-9-18(17)27(24,25)22-19(23)16-8-7-15(16)13-3-5-14(20)6-4-13/h2-6,9-10,15-16H,7-8H2,1H3,(H,22,23). The van der Waals surface area contributed by atoms with Crippen LogP contribution in [-0.4, -0.2) is 21.4 Å². The number of amides is 1. The number of methoxy groups -OCH3 is 1. The van der Waals surface area contributed by atoms with Crippen LogP contribution in [0, 0.1) is 23.1 Å². The second-order valence-electron chi connectivity index (χ2n) is 6.29. The molecule has 2 atom stereocenters. The van der Waals surface area contributed by atoms with E-state index in [9.17, 15) is 17.6 Å². The summed E-state index contributed by atoms with van der Waals surface area (Å²) in [7, 11) is -2.87. The Balaban J connectivity index is 1.79. The maximum atomic E-state index is 13.1. The molecule has 140 valence electrons. The van der Waals surface area contributed by atoms with Crippen LogP contribution in [0.1, 0.15) is 29.9 Å². The molecule has 27 heavy (non-hydrogen) atoms. The van der Waals surface area contributed by atoms with Crippen LogP contribution in [0.15, 0.2) is 47.4 Å². The lowest BCUT2D eigenvalue weighted by Gasteiger charge is -2.35. The number of hydrogen-bond donors (Lipinski definition) is 1. The van der Waals surface area contributed by atoms with Gasteiger partial charge in [-0.05, 0) is 54.7 Å². The Kier molecular flexibility index (Phi) is 5.15. The number of sulfonamides is 1. The molecular formula is C19H17FN2O4S. The predicted octanol–water partition coefficient (Wildman–Crippen LogP) is 2.70. The molecule has 0 radical (unpaired) electrons.